The number of likely N-dealkylation sites (N-methyl/N-ethyl adjacent to an activating group) is 1. The van der Waals surface area contributed by atoms with Gasteiger partial charge < -0.3 is 15.2 Å². The first-order chi connectivity index (χ1) is 8.29. The van der Waals surface area contributed by atoms with Gasteiger partial charge in [0.15, 0.2) is 5.82 Å². The Morgan fingerprint density at radius 1 is 1.50 bits per heavy atom. The normalized spacial score (nSPS) is 11.9. The summed E-state index contributed by atoms with van der Waals surface area (Å²) >= 11 is 0. The van der Waals surface area contributed by atoms with Crippen molar-refractivity contribution in [2.75, 3.05) is 18.5 Å². The molecule has 0 aliphatic rings. The molecule has 102 valence electrons. The van der Waals surface area contributed by atoms with Crippen LogP contribution in [0.4, 0.5) is 5.82 Å². The molecule has 0 atom stereocenters. The van der Waals surface area contributed by atoms with E-state index in [1.807, 2.05) is 25.8 Å². The average molecular weight is 252 g/mol. The van der Waals surface area contributed by atoms with E-state index in [0.717, 1.165) is 0 Å². The van der Waals surface area contributed by atoms with Gasteiger partial charge in [0.2, 0.25) is 0 Å². The minimum atomic E-state index is -0.289. The first-order valence-electron chi connectivity index (χ1n) is 6.29. The third-order valence-corrected chi connectivity index (χ3v) is 3.18. The molecule has 0 aliphatic carbocycles. The van der Waals surface area contributed by atoms with Crippen LogP contribution < -0.4 is 16.2 Å². The maximum atomic E-state index is 12.3. The summed E-state index contributed by atoms with van der Waals surface area (Å²) in [4.78, 5) is 18.4. The fraction of sp³-hybridized carbons (Fsp3) is 0.692. The lowest BCUT2D eigenvalue weighted by molar-refractivity contribution is 0.480. The van der Waals surface area contributed by atoms with Crippen molar-refractivity contribution in [1.29, 1.82) is 0 Å². The highest BCUT2D eigenvalue weighted by molar-refractivity contribution is 5.38. The number of hydrogen-bond donors (Lipinski definition) is 1. The molecule has 1 heterocycles. The Morgan fingerprint density at radius 3 is 2.61 bits per heavy atom. The number of aromatic nitrogens is 2. The van der Waals surface area contributed by atoms with Gasteiger partial charge in [0.1, 0.15) is 0 Å². The number of rotatable bonds is 5. The highest BCUT2D eigenvalue weighted by Gasteiger charge is 2.25. The predicted molar refractivity (Wildman–Crippen MR) is 74.9 cm³/mol. The summed E-state index contributed by atoms with van der Waals surface area (Å²) in [5, 5.41) is 0. The molecule has 0 aliphatic heterocycles. The van der Waals surface area contributed by atoms with E-state index in [1.165, 1.54) is 0 Å². The molecule has 0 bridgehead atoms. The molecule has 1 aromatic rings. The second-order valence-electron chi connectivity index (χ2n) is 5.68. The third-order valence-electron chi connectivity index (χ3n) is 3.18. The van der Waals surface area contributed by atoms with E-state index in [2.05, 4.69) is 18.8 Å². The molecule has 1 rings (SSSR count). The summed E-state index contributed by atoms with van der Waals surface area (Å²) in [7, 11) is 1.86. The zero-order valence-corrected chi connectivity index (χ0v) is 12.0. The van der Waals surface area contributed by atoms with Crippen molar-refractivity contribution in [1.82, 2.24) is 9.55 Å². The summed E-state index contributed by atoms with van der Waals surface area (Å²) < 4.78 is 1.70. The lowest BCUT2D eigenvalue weighted by Gasteiger charge is -2.35. The summed E-state index contributed by atoms with van der Waals surface area (Å²) in [6.45, 7) is 9.32. The number of hydrogen-bond acceptors (Lipinski definition) is 4. The van der Waals surface area contributed by atoms with Crippen LogP contribution in [0.3, 0.4) is 0 Å². The fourth-order valence-electron chi connectivity index (χ4n) is 1.63. The second kappa shape index (κ2) is 5.52. The van der Waals surface area contributed by atoms with Gasteiger partial charge in [-0.3, -0.25) is 4.79 Å². The van der Waals surface area contributed by atoms with Crippen LogP contribution in [-0.2, 0) is 6.54 Å². The van der Waals surface area contributed by atoms with Crippen molar-refractivity contribution in [3.8, 4) is 0 Å². The quantitative estimate of drug-likeness (QED) is 0.851. The maximum absolute atomic E-state index is 12.3. The lowest BCUT2D eigenvalue weighted by Crippen LogP contribution is -2.50. The molecule has 0 spiro atoms. The molecule has 0 unspecified atom stereocenters. The van der Waals surface area contributed by atoms with Gasteiger partial charge in [0.05, 0.1) is 0 Å². The van der Waals surface area contributed by atoms with Crippen LogP contribution in [0.15, 0.2) is 17.2 Å². The van der Waals surface area contributed by atoms with E-state index in [-0.39, 0.29) is 11.1 Å². The van der Waals surface area contributed by atoms with E-state index in [0.29, 0.717) is 24.8 Å². The molecule has 5 heteroatoms. The summed E-state index contributed by atoms with van der Waals surface area (Å²) in [6, 6.07) is 0. The number of anilines is 1. The van der Waals surface area contributed by atoms with E-state index >= 15 is 0 Å². The Labute approximate surface area is 109 Å². The van der Waals surface area contributed by atoms with Crippen molar-refractivity contribution in [2.24, 2.45) is 11.7 Å². The first kappa shape index (κ1) is 14.7. The van der Waals surface area contributed by atoms with E-state index < -0.39 is 0 Å². The Morgan fingerprint density at radius 2 is 2.11 bits per heavy atom. The van der Waals surface area contributed by atoms with Gasteiger partial charge in [0.25, 0.3) is 5.56 Å². The third kappa shape index (κ3) is 3.10. The minimum Gasteiger partial charge on any atom is -0.349 e. The SMILES string of the molecule is CC(C)Cn1ccnc(N(C)C(C)(C)CN)c1=O. The van der Waals surface area contributed by atoms with E-state index in [9.17, 15) is 4.79 Å². The zero-order chi connectivity index (χ0) is 13.9. The van der Waals surface area contributed by atoms with Crippen molar-refractivity contribution in [3.05, 3.63) is 22.7 Å². The Hall–Kier alpha value is -1.36. The summed E-state index contributed by atoms with van der Waals surface area (Å²) in [6.07, 6.45) is 3.40. The number of nitrogens with zero attached hydrogens (tertiary/aromatic N) is 3. The van der Waals surface area contributed by atoms with Crippen LogP contribution in [0.5, 0.6) is 0 Å². The van der Waals surface area contributed by atoms with Crippen LogP contribution in [0, 0.1) is 5.92 Å². The van der Waals surface area contributed by atoms with Gasteiger partial charge in [-0.1, -0.05) is 13.8 Å². The fourth-order valence-corrected chi connectivity index (χ4v) is 1.63. The Kier molecular flexibility index (Phi) is 4.51. The molecule has 2 N–H and O–H groups in total. The highest BCUT2D eigenvalue weighted by atomic mass is 16.1. The van der Waals surface area contributed by atoms with Gasteiger partial charge in [-0.15, -0.1) is 0 Å². The molecule has 1 aromatic heterocycles. The summed E-state index contributed by atoms with van der Waals surface area (Å²) in [5.74, 6) is 0.874. The molecular weight excluding hydrogens is 228 g/mol. The van der Waals surface area contributed by atoms with Crippen molar-refractivity contribution >= 4 is 5.82 Å². The molecule has 18 heavy (non-hydrogen) atoms. The topological polar surface area (TPSA) is 64.2 Å². The standard InChI is InChI=1S/C13H24N4O/c1-10(2)8-17-7-6-15-11(12(17)18)16(5)13(3,4)9-14/h6-7,10H,8-9,14H2,1-5H3. The smallest absolute Gasteiger partial charge is 0.293 e. The molecule has 0 radical (unpaired) electrons. The summed E-state index contributed by atoms with van der Waals surface area (Å²) in [5.41, 5.74) is 5.39. The molecule has 0 fully saturated rings. The monoisotopic (exact) mass is 252 g/mol. The second-order valence-corrected chi connectivity index (χ2v) is 5.68. The van der Waals surface area contributed by atoms with Crippen LogP contribution in [0.25, 0.3) is 0 Å². The lowest BCUT2D eigenvalue weighted by atomic mass is 10.0. The van der Waals surface area contributed by atoms with Gasteiger partial charge >= 0.3 is 0 Å². The molecule has 0 saturated heterocycles. The molecule has 0 saturated carbocycles. The molecule has 5 nitrogen and oxygen atoms in total. The van der Waals surface area contributed by atoms with E-state index in [1.54, 1.807) is 17.0 Å². The van der Waals surface area contributed by atoms with Gasteiger partial charge in [-0.05, 0) is 19.8 Å². The maximum Gasteiger partial charge on any atom is 0.293 e. The molecular formula is C13H24N4O. The van der Waals surface area contributed by atoms with Crippen LogP contribution in [-0.4, -0.2) is 28.7 Å². The largest absolute Gasteiger partial charge is 0.349 e. The average Bonchev–Trinajstić information content (AvgIpc) is 2.30. The Bertz CT molecular complexity index is 451. The van der Waals surface area contributed by atoms with Crippen molar-refractivity contribution in [3.63, 3.8) is 0 Å². The van der Waals surface area contributed by atoms with Gasteiger partial charge in [0, 0.05) is 38.1 Å². The Balaban J connectivity index is 3.15. The van der Waals surface area contributed by atoms with Crippen LogP contribution >= 0.6 is 0 Å². The van der Waals surface area contributed by atoms with Gasteiger partial charge in [-0.25, -0.2) is 4.98 Å². The first-order valence-corrected chi connectivity index (χ1v) is 6.29. The zero-order valence-electron chi connectivity index (χ0n) is 12.0. The van der Waals surface area contributed by atoms with Crippen molar-refractivity contribution < 1.29 is 0 Å². The van der Waals surface area contributed by atoms with Crippen molar-refractivity contribution in [2.45, 2.75) is 39.8 Å². The van der Waals surface area contributed by atoms with E-state index in [4.69, 9.17) is 5.73 Å². The number of nitrogens with two attached hydrogens (primary N) is 1. The van der Waals surface area contributed by atoms with Gasteiger partial charge in [-0.2, -0.15) is 0 Å². The van der Waals surface area contributed by atoms with Crippen LogP contribution in [0.2, 0.25) is 0 Å². The minimum absolute atomic E-state index is 0.0600. The molecule has 0 aromatic carbocycles. The predicted octanol–water partition coefficient (Wildman–Crippen LogP) is 1.07. The van der Waals surface area contributed by atoms with Crippen LogP contribution in [0.1, 0.15) is 27.7 Å². The highest BCUT2D eigenvalue weighted by Crippen LogP contribution is 2.15. The molecule has 0 amide bonds.